The number of carbonyl (C=O) groups is 2. The summed E-state index contributed by atoms with van der Waals surface area (Å²) < 4.78 is 23.8. The van der Waals surface area contributed by atoms with E-state index in [2.05, 4.69) is 5.84 Å². The van der Waals surface area contributed by atoms with E-state index in [-0.39, 0.29) is 0 Å². The third-order valence-corrected chi connectivity index (χ3v) is 1.13. The minimum absolute atomic E-state index is 0.411. The number of nitrogens with one attached hydrogen (secondary N) is 1. The molecule has 0 spiro atoms. The van der Waals surface area contributed by atoms with Gasteiger partial charge in [-0.2, -0.15) is 0 Å². The number of nitrogens with two attached hydrogens (primary N) is 1. The molecule has 0 saturated heterocycles. The quantitative estimate of drug-likeness (QED) is 0.248. The summed E-state index contributed by atoms with van der Waals surface area (Å²) in [4.78, 5) is 19.1. The second-order valence-corrected chi connectivity index (χ2v) is 2.22. The maximum atomic E-state index is 11.9. The molecule has 0 aromatic heterocycles. The number of carboxylic acid groups (broad SMARTS) is 1. The van der Waals surface area contributed by atoms with Crippen molar-refractivity contribution in [3.8, 4) is 0 Å². The Bertz CT molecular complexity index is 319. The summed E-state index contributed by atoms with van der Waals surface area (Å²) in [6, 6.07) is 4.31. The van der Waals surface area contributed by atoms with Gasteiger partial charge in [0.05, 0.1) is 0 Å². The predicted molar refractivity (Wildman–Crippen MR) is 46.3 cm³/mol. The first kappa shape index (κ1) is 13.0. The van der Waals surface area contributed by atoms with Gasteiger partial charge in [0.1, 0.15) is 11.6 Å². The maximum absolute atomic E-state index is 11.9. The highest BCUT2D eigenvalue weighted by atomic mass is 19.1. The van der Waals surface area contributed by atoms with Gasteiger partial charge in [-0.1, -0.05) is 0 Å². The Kier molecular flexibility index (Phi) is 5.57. The fourth-order valence-electron chi connectivity index (χ4n) is 0.491. The van der Waals surface area contributed by atoms with Gasteiger partial charge in [0.2, 0.25) is 0 Å². The Balaban J connectivity index is 0.000000265. The molecule has 1 rings (SSSR count). The van der Waals surface area contributed by atoms with Crippen molar-refractivity contribution in [3.63, 3.8) is 0 Å². The van der Waals surface area contributed by atoms with Gasteiger partial charge >= 0.3 is 11.9 Å². The zero-order chi connectivity index (χ0) is 11.8. The number of hydrogen-bond donors (Lipinski definition) is 3. The minimum Gasteiger partial charge on any atom is -0.474 e. The number of hydrazine groups is 1. The fraction of sp³-hybridized carbons (Fsp3) is 0. The molecule has 0 bridgehead atoms. The lowest BCUT2D eigenvalue weighted by molar-refractivity contribution is -0.150. The lowest BCUT2D eigenvalue weighted by Crippen LogP contribution is -2.35. The molecule has 0 atom stereocenters. The topological polar surface area (TPSA) is 92.4 Å². The van der Waals surface area contributed by atoms with Gasteiger partial charge in [-0.25, -0.2) is 19.4 Å². The van der Waals surface area contributed by atoms with Crippen LogP contribution in [0.25, 0.3) is 0 Å². The number of carbonyl (C=O) groups excluding carboxylic acids is 1. The van der Waals surface area contributed by atoms with Gasteiger partial charge in [-0.05, 0) is 24.3 Å². The Morgan fingerprint density at radius 3 is 1.60 bits per heavy atom. The second-order valence-electron chi connectivity index (χ2n) is 2.22. The first-order chi connectivity index (χ1) is 6.97. The standard InChI is InChI=1S/C6H4F2.C2H4N2O3/c7-5-1-2-6(8)4-3-5;3-4-1(5)2(6)7/h1-4H;3H2,(H,4,5)(H,6,7). The van der Waals surface area contributed by atoms with Crippen LogP contribution in [0.15, 0.2) is 24.3 Å². The number of benzene rings is 1. The lowest BCUT2D eigenvalue weighted by Gasteiger charge is -1.85. The van der Waals surface area contributed by atoms with Gasteiger partial charge in [0.25, 0.3) is 0 Å². The molecular weight excluding hydrogens is 210 g/mol. The van der Waals surface area contributed by atoms with Crippen molar-refractivity contribution in [1.82, 2.24) is 5.43 Å². The molecule has 0 aliphatic rings. The fourth-order valence-corrected chi connectivity index (χ4v) is 0.491. The molecule has 0 radical (unpaired) electrons. The molecule has 1 aromatic rings. The van der Waals surface area contributed by atoms with Crippen molar-refractivity contribution in [2.75, 3.05) is 0 Å². The molecule has 15 heavy (non-hydrogen) atoms. The van der Waals surface area contributed by atoms with Crippen molar-refractivity contribution in [2.24, 2.45) is 5.84 Å². The normalized spacial score (nSPS) is 8.47. The summed E-state index contributed by atoms with van der Waals surface area (Å²) in [5.41, 5.74) is 1.43. The number of carboxylic acids is 1. The van der Waals surface area contributed by atoms with E-state index in [1.807, 2.05) is 0 Å². The highest BCUT2D eigenvalue weighted by molar-refractivity contribution is 6.31. The highest BCUT2D eigenvalue weighted by Crippen LogP contribution is 1.98. The molecule has 0 fully saturated rings. The summed E-state index contributed by atoms with van der Waals surface area (Å²) in [5, 5.41) is 7.69. The number of amides is 1. The largest absolute Gasteiger partial charge is 0.474 e. The second kappa shape index (κ2) is 6.44. The molecule has 1 aromatic carbocycles. The van der Waals surface area contributed by atoms with E-state index in [1.54, 1.807) is 0 Å². The molecule has 7 heteroatoms. The molecule has 4 N–H and O–H groups in total. The van der Waals surface area contributed by atoms with Crippen LogP contribution in [-0.2, 0) is 9.59 Å². The maximum Gasteiger partial charge on any atom is 0.395 e. The van der Waals surface area contributed by atoms with Crippen LogP contribution in [0.3, 0.4) is 0 Å². The van der Waals surface area contributed by atoms with Crippen LogP contribution < -0.4 is 11.3 Å². The highest BCUT2D eigenvalue weighted by Gasteiger charge is 2.05. The van der Waals surface area contributed by atoms with Crippen molar-refractivity contribution in [3.05, 3.63) is 35.9 Å². The van der Waals surface area contributed by atoms with Crippen LogP contribution in [-0.4, -0.2) is 17.0 Å². The molecular formula is C8H8F2N2O3. The van der Waals surface area contributed by atoms with Crippen LogP contribution in [0.1, 0.15) is 0 Å². The molecule has 0 saturated carbocycles. The van der Waals surface area contributed by atoms with Crippen LogP contribution in [0, 0.1) is 11.6 Å². The van der Waals surface area contributed by atoms with Gasteiger partial charge in [0.15, 0.2) is 0 Å². The van der Waals surface area contributed by atoms with Crippen LogP contribution in [0.2, 0.25) is 0 Å². The smallest absolute Gasteiger partial charge is 0.395 e. The van der Waals surface area contributed by atoms with Crippen molar-refractivity contribution in [1.29, 1.82) is 0 Å². The molecule has 0 heterocycles. The zero-order valence-corrected chi connectivity index (χ0v) is 7.41. The van der Waals surface area contributed by atoms with E-state index < -0.39 is 23.5 Å². The first-order valence-electron chi connectivity index (χ1n) is 3.62. The number of aliphatic carboxylic acids is 1. The Hall–Kier alpha value is -2.02. The van der Waals surface area contributed by atoms with E-state index in [0.717, 1.165) is 24.3 Å². The van der Waals surface area contributed by atoms with Gasteiger partial charge in [0, 0.05) is 0 Å². The number of halogens is 2. The average molecular weight is 218 g/mol. The van der Waals surface area contributed by atoms with E-state index in [4.69, 9.17) is 5.11 Å². The lowest BCUT2D eigenvalue weighted by atomic mass is 10.3. The monoisotopic (exact) mass is 218 g/mol. The van der Waals surface area contributed by atoms with Crippen LogP contribution >= 0.6 is 0 Å². The average Bonchev–Trinajstić information content (AvgIpc) is 2.22. The third kappa shape index (κ3) is 6.11. The van der Waals surface area contributed by atoms with E-state index >= 15 is 0 Å². The SMILES string of the molecule is Fc1ccc(F)cc1.NNC(=O)C(=O)O. The molecule has 82 valence electrons. The van der Waals surface area contributed by atoms with Crippen molar-refractivity contribution in [2.45, 2.75) is 0 Å². The Labute approximate surface area is 83.5 Å². The van der Waals surface area contributed by atoms with E-state index in [0.29, 0.717) is 0 Å². The van der Waals surface area contributed by atoms with Gasteiger partial charge in [-0.15, -0.1) is 0 Å². The van der Waals surface area contributed by atoms with Gasteiger partial charge in [-0.3, -0.25) is 10.2 Å². The van der Waals surface area contributed by atoms with E-state index in [1.165, 1.54) is 5.43 Å². The summed E-state index contributed by atoms with van der Waals surface area (Å²) >= 11 is 0. The predicted octanol–water partition coefficient (Wildman–Crippen LogP) is 0.0257. The van der Waals surface area contributed by atoms with Crippen LogP contribution in [0.5, 0.6) is 0 Å². The molecule has 0 aliphatic carbocycles. The Morgan fingerprint density at radius 1 is 1.13 bits per heavy atom. The van der Waals surface area contributed by atoms with Gasteiger partial charge < -0.3 is 5.11 Å². The molecule has 0 unspecified atom stereocenters. The minimum atomic E-state index is -1.58. The summed E-state index contributed by atoms with van der Waals surface area (Å²) in [6.45, 7) is 0. The van der Waals surface area contributed by atoms with Crippen molar-refractivity contribution >= 4 is 11.9 Å². The van der Waals surface area contributed by atoms with Crippen LogP contribution in [0.4, 0.5) is 8.78 Å². The summed E-state index contributed by atoms with van der Waals surface area (Å²) in [6.07, 6.45) is 0. The number of hydrogen-bond acceptors (Lipinski definition) is 3. The third-order valence-electron chi connectivity index (χ3n) is 1.13. The Morgan fingerprint density at radius 2 is 1.47 bits per heavy atom. The molecule has 1 amide bonds. The first-order valence-corrected chi connectivity index (χ1v) is 3.62. The van der Waals surface area contributed by atoms with Crippen molar-refractivity contribution < 1.29 is 23.5 Å². The van der Waals surface area contributed by atoms with E-state index in [9.17, 15) is 18.4 Å². The number of rotatable bonds is 0. The zero-order valence-electron chi connectivity index (χ0n) is 7.41. The molecule has 0 aliphatic heterocycles. The molecule has 5 nitrogen and oxygen atoms in total. The summed E-state index contributed by atoms with van der Waals surface area (Å²) in [7, 11) is 0. The summed E-state index contributed by atoms with van der Waals surface area (Å²) in [5.74, 6) is 0.782.